The molecule has 92 valence electrons. The molecule has 2 amide bonds. The largest absolute Gasteiger partial charge is 0.481 e. The Balaban J connectivity index is 3.80. The van der Waals surface area contributed by atoms with Crippen molar-refractivity contribution in [3.63, 3.8) is 0 Å². The summed E-state index contributed by atoms with van der Waals surface area (Å²) in [5.74, 6) is -0.839. The molecular weight excluding hydrogens is 208 g/mol. The van der Waals surface area contributed by atoms with Crippen molar-refractivity contribution in [1.82, 2.24) is 10.2 Å². The second kappa shape index (κ2) is 7.73. The standard InChI is InChI=1S/C11H20N2O3/c1-4-6-9(2)12-11(16)13(3)8-5-7-10(14)15/h4,9H,1,5-8H2,2-3H3,(H,12,16)(H,14,15). The minimum Gasteiger partial charge on any atom is -0.481 e. The van der Waals surface area contributed by atoms with Gasteiger partial charge in [-0.1, -0.05) is 6.08 Å². The summed E-state index contributed by atoms with van der Waals surface area (Å²) >= 11 is 0. The summed E-state index contributed by atoms with van der Waals surface area (Å²) in [6.45, 7) is 5.93. The van der Waals surface area contributed by atoms with Gasteiger partial charge in [0.2, 0.25) is 0 Å². The third-order valence-electron chi connectivity index (χ3n) is 2.12. The summed E-state index contributed by atoms with van der Waals surface area (Å²) in [5, 5.41) is 11.2. The lowest BCUT2D eigenvalue weighted by Gasteiger charge is -2.20. The third-order valence-corrected chi connectivity index (χ3v) is 2.12. The van der Waals surface area contributed by atoms with Crippen LogP contribution < -0.4 is 5.32 Å². The topological polar surface area (TPSA) is 69.6 Å². The molecule has 0 aromatic rings. The average Bonchev–Trinajstić information content (AvgIpc) is 2.17. The van der Waals surface area contributed by atoms with Gasteiger partial charge in [-0.3, -0.25) is 4.79 Å². The van der Waals surface area contributed by atoms with Crippen molar-refractivity contribution in [2.45, 2.75) is 32.2 Å². The van der Waals surface area contributed by atoms with Crippen LogP contribution in [0.2, 0.25) is 0 Å². The molecule has 5 nitrogen and oxygen atoms in total. The Hall–Kier alpha value is -1.52. The molecule has 0 aliphatic rings. The summed E-state index contributed by atoms with van der Waals surface area (Å²) in [4.78, 5) is 23.3. The van der Waals surface area contributed by atoms with E-state index in [1.807, 2.05) is 6.92 Å². The number of carbonyl (C=O) groups is 2. The highest BCUT2D eigenvalue weighted by Crippen LogP contribution is 1.96. The number of urea groups is 1. The van der Waals surface area contributed by atoms with Crippen molar-refractivity contribution in [3.05, 3.63) is 12.7 Å². The summed E-state index contributed by atoms with van der Waals surface area (Å²) < 4.78 is 0. The number of rotatable bonds is 7. The Labute approximate surface area is 96.1 Å². The highest BCUT2D eigenvalue weighted by atomic mass is 16.4. The minimum absolute atomic E-state index is 0.0481. The van der Waals surface area contributed by atoms with Gasteiger partial charge in [0, 0.05) is 26.1 Å². The number of nitrogens with one attached hydrogen (secondary N) is 1. The summed E-state index contributed by atoms with van der Waals surface area (Å²) in [7, 11) is 1.65. The lowest BCUT2D eigenvalue weighted by molar-refractivity contribution is -0.137. The molecule has 0 fully saturated rings. The molecule has 0 aliphatic heterocycles. The van der Waals surface area contributed by atoms with Gasteiger partial charge in [-0.25, -0.2) is 4.79 Å². The van der Waals surface area contributed by atoms with E-state index in [1.165, 1.54) is 4.90 Å². The Kier molecular flexibility index (Phi) is 7.00. The van der Waals surface area contributed by atoms with Gasteiger partial charge in [0.25, 0.3) is 0 Å². The predicted octanol–water partition coefficient (Wildman–Crippen LogP) is 1.46. The van der Waals surface area contributed by atoms with E-state index in [4.69, 9.17) is 5.11 Å². The van der Waals surface area contributed by atoms with E-state index in [-0.39, 0.29) is 18.5 Å². The maximum atomic E-state index is 11.5. The average molecular weight is 228 g/mol. The molecule has 0 heterocycles. The maximum absolute atomic E-state index is 11.5. The van der Waals surface area contributed by atoms with Crippen LogP contribution in [0.5, 0.6) is 0 Å². The predicted molar refractivity (Wildman–Crippen MR) is 62.3 cm³/mol. The van der Waals surface area contributed by atoms with E-state index in [0.717, 1.165) is 0 Å². The zero-order chi connectivity index (χ0) is 12.6. The molecule has 1 atom stereocenters. The molecule has 0 spiro atoms. The first-order valence-electron chi connectivity index (χ1n) is 5.31. The number of aliphatic carboxylic acids is 1. The van der Waals surface area contributed by atoms with E-state index in [1.54, 1.807) is 13.1 Å². The number of amides is 2. The van der Waals surface area contributed by atoms with Crippen LogP contribution in [-0.2, 0) is 4.79 Å². The van der Waals surface area contributed by atoms with Crippen LogP contribution in [0.15, 0.2) is 12.7 Å². The van der Waals surface area contributed by atoms with Crippen LogP contribution in [0.4, 0.5) is 4.79 Å². The Bertz CT molecular complexity index is 254. The maximum Gasteiger partial charge on any atom is 0.317 e. The molecule has 0 aliphatic carbocycles. The smallest absolute Gasteiger partial charge is 0.317 e. The van der Waals surface area contributed by atoms with E-state index < -0.39 is 5.97 Å². The van der Waals surface area contributed by atoms with Gasteiger partial charge < -0.3 is 15.3 Å². The first kappa shape index (κ1) is 14.5. The van der Waals surface area contributed by atoms with Gasteiger partial charge in [-0.05, 0) is 19.8 Å². The highest BCUT2D eigenvalue weighted by Gasteiger charge is 2.10. The number of hydrogen-bond acceptors (Lipinski definition) is 2. The van der Waals surface area contributed by atoms with Crippen molar-refractivity contribution in [2.24, 2.45) is 0 Å². The lowest BCUT2D eigenvalue weighted by Crippen LogP contribution is -2.42. The van der Waals surface area contributed by atoms with Crippen molar-refractivity contribution in [2.75, 3.05) is 13.6 Å². The van der Waals surface area contributed by atoms with Crippen molar-refractivity contribution >= 4 is 12.0 Å². The Morgan fingerprint density at radius 1 is 1.56 bits per heavy atom. The van der Waals surface area contributed by atoms with Crippen LogP contribution >= 0.6 is 0 Å². The fraction of sp³-hybridized carbons (Fsp3) is 0.636. The lowest BCUT2D eigenvalue weighted by atomic mass is 10.2. The van der Waals surface area contributed by atoms with Gasteiger partial charge in [0.1, 0.15) is 0 Å². The van der Waals surface area contributed by atoms with Gasteiger partial charge in [0.15, 0.2) is 0 Å². The van der Waals surface area contributed by atoms with Crippen LogP contribution in [0.3, 0.4) is 0 Å². The molecular formula is C11H20N2O3. The van der Waals surface area contributed by atoms with Crippen molar-refractivity contribution in [3.8, 4) is 0 Å². The second-order valence-electron chi connectivity index (χ2n) is 3.79. The minimum atomic E-state index is -0.839. The van der Waals surface area contributed by atoms with E-state index >= 15 is 0 Å². The molecule has 1 unspecified atom stereocenters. The normalized spacial score (nSPS) is 11.6. The van der Waals surface area contributed by atoms with Gasteiger partial charge in [-0.2, -0.15) is 0 Å². The van der Waals surface area contributed by atoms with Crippen molar-refractivity contribution in [1.29, 1.82) is 0 Å². The monoisotopic (exact) mass is 228 g/mol. The highest BCUT2D eigenvalue weighted by molar-refractivity contribution is 5.74. The number of carboxylic acid groups (broad SMARTS) is 1. The summed E-state index contributed by atoms with van der Waals surface area (Å²) in [6, 6.07) is -0.133. The van der Waals surface area contributed by atoms with E-state index in [0.29, 0.717) is 19.4 Å². The molecule has 5 heteroatoms. The number of carboxylic acids is 1. The van der Waals surface area contributed by atoms with Gasteiger partial charge in [-0.15, -0.1) is 6.58 Å². The van der Waals surface area contributed by atoms with Crippen LogP contribution in [0.1, 0.15) is 26.2 Å². The van der Waals surface area contributed by atoms with E-state index in [2.05, 4.69) is 11.9 Å². The molecule has 16 heavy (non-hydrogen) atoms. The number of carbonyl (C=O) groups excluding carboxylic acids is 1. The first-order chi connectivity index (χ1) is 7.47. The molecule has 0 saturated heterocycles. The summed E-state index contributed by atoms with van der Waals surface area (Å²) in [6.07, 6.45) is 3.01. The fourth-order valence-corrected chi connectivity index (χ4v) is 1.20. The molecule has 0 bridgehead atoms. The molecule has 0 aromatic heterocycles. The number of hydrogen-bond donors (Lipinski definition) is 2. The molecule has 0 rings (SSSR count). The molecule has 0 radical (unpaired) electrons. The first-order valence-corrected chi connectivity index (χ1v) is 5.31. The van der Waals surface area contributed by atoms with Gasteiger partial charge in [0.05, 0.1) is 0 Å². The summed E-state index contributed by atoms with van der Waals surface area (Å²) in [5.41, 5.74) is 0. The SMILES string of the molecule is C=CCC(C)NC(=O)N(C)CCCC(=O)O. The van der Waals surface area contributed by atoms with E-state index in [9.17, 15) is 9.59 Å². The number of nitrogens with zero attached hydrogens (tertiary/aromatic N) is 1. The zero-order valence-corrected chi connectivity index (χ0v) is 9.90. The fourth-order valence-electron chi connectivity index (χ4n) is 1.20. The molecule has 0 saturated carbocycles. The molecule has 0 aromatic carbocycles. The Morgan fingerprint density at radius 2 is 2.19 bits per heavy atom. The van der Waals surface area contributed by atoms with Gasteiger partial charge >= 0.3 is 12.0 Å². The van der Waals surface area contributed by atoms with Crippen molar-refractivity contribution < 1.29 is 14.7 Å². The van der Waals surface area contributed by atoms with Crippen LogP contribution in [-0.4, -0.2) is 41.6 Å². The Morgan fingerprint density at radius 3 is 2.69 bits per heavy atom. The third kappa shape index (κ3) is 6.86. The molecule has 2 N–H and O–H groups in total. The van der Waals surface area contributed by atoms with Crippen LogP contribution in [0, 0.1) is 0 Å². The zero-order valence-electron chi connectivity index (χ0n) is 9.90. The quantitative estimate of drug-likeness (QED) is 0.648. The second-order valence-corrected chi connectivity index (χ2v) is 3.79. The van der Waals surface area contributed by atoms with Crippen LogP contribution in [0.25, 0.3) is 0 Å².